The van der Waals surface area contributed by atoms with E-state index in [-0.39, 0.29) is 0 Å². The molecule has 1 aromatic carbocycles. The standard InChI is InChI=1S/C13H20ClN3OS/c1-2-6-16-13(19)17-7-5-12(18)10-8-9(14)3-4-11(10)15/h3-4,8,12,18H,2,5-7,15H2,1H3,(H2,16,17,19). The van der Waals surface area contributed by atoms with Crippen LogP contribution in [0.2, 0.25) is 5.02 Å². The van der Waals surface area contributed by atoms with Crippen LogP contribution >= 0.6 is 23.8 Å². The molecule has 0 saturated carbocycles. The Morgan fingerprint density at radius 3 is 2.79 bits per heavy atom. The van der Waals surface area contributed by atoms with Gasteiger partial charge in [0, 0.05) is 29.4 Å². The quantitative estimate of drug-likeness (QED) is 0.479. The van der Waals surface area contributed by atoms with Crippen LogP contribution in [0, 0.1) is 0 Å². The summed E-state index contributed by atoms with van der Waals surface area (Å²) < 4.78 is 0. The van der Waals surface area contributed by atoms with Crippen molar-refractivity contribution < 1.29 is 5.11 Å². The largest absolute Gasteiger partial charge is 0.398 e. The number of rotatable bonds is 6. The predicted molar refractivity (Wildman–Crippen MR) is 84.3 cm³/mol. The molecule has 1 aromatic rings. The van der Waals surface area contributed by atoms with E-state index in [1.165, 1.54) is 0 Å². The van der Waals surface area contributed by atoms with Gasteiger partial charge >= 0.3 is 0 Å². The monoisotopic (exact) mass is 301 g/mol. The molecule has 1 atom stereocenters. The maximum atomic E-state index is 10.1. The van der Waals surface area contributed by atoms with Crippen LogP contribution in [0.4, 0.5) is 5.69 Å². The normalized spacial score (nSPS) is 11.9. The minimum Gasteiger partial charge on any atom is -0.398 e. The van der Waals surface area contributed by atoms with Crippen LogP contribution in [-0.2, 0) is 0 Å². The number of thiocarbonyl (C=S) groups is 1. The zero-order valence-electron chi connectivity index (χ0n) is 10.9. The summed E-state index contributed by atoms with van der Waals surface area (Å²) in [7, 11) is 0. The van der Waals surface area contributed by atoms with Crippen molar-refractivity contribution in [1.29, 1.82) is 0 Å². The molecule has 1 rings (SSSR count). The van der Waals surface area contributed by atoms with E-state index in [1.54, 1.807) is 18.2 Å². The number of anilines is 1. The van der Waals surface area contributed by atoms with E-state index in [1.807, 2.05) is 0 Å². The van der Waals surface area contributed by atoms with Crippen molar-refractivity contribution in [2.45, 2.75) is 25.9 Å². The number of hydrogen-bond acceptors (Lipinski definition) is 3. The lowest BCUT2D eigenvalue weighted by Gasteiger charge is -2.15. The summed E-state index contributed by atoms with van der Waals surface area (Å²) in [6.45, 7) is 3.49. The molecule has 5 N–H and O–H groups in total. The van der Waals surface area contributed by atoms with E-state index in [0.717, 1.165) is 13.0 Å². The predicted octanol–water partition coefficient (Wildman–Crippen LogP) is 2.22. The highest BCUT2D eigenvalue weighted by atomic mass is 35.5. The van der Waals surface area contributed by atoms with Gasteiger partial charge in [-0.2, -0.15) is 0 Å². The highest BCUT2D eigenvalue weighted by molar-refractivity contribution is 7.80. The molecule has 0 aliphatic heterocycles. The molecule has 106 valence electrons. The Labute approximate surface area is 124 Å². The van der Waals surface area contributed by atoms with Gasteiger partial charge in [0.05, 0.1) is 6.10 Å². The second-order valence-corrected chi connectivity index (χ2v) is 5.11. The van der Waals surface area contributed by atoms with Gasteiger partial charge in [-0.05, 0) is 43.3 Å². The van der Waals surface area contributed by atoms with E-state index in [4.69, 9.17) is 29.6 Å². The average molecular weight is 302 g/mol. The maximum absolute atomic E-state index is 10.1. The number of nitrogens with one attached hydrogen (secondary N) is 2. The Morgan fingerprint density at radius 2 is 2.11 bits per heavy atom. The zero-order chi connectivity index (χ0) is 14.3. The number of nitrogens with two attached hydrogens (primary N) is 1. The summed E-state index contributed by atoms with van der Waals surface area (Å²) in [4.78, 5) is 0. The smallest absolute Gasteiger partial charge is 0.166 e. The van der Waals surface area contributed by atoms with E-state index in [0.29, 0.717) is 34.4 Å². The number of nitrogen functional groups attached to an aromatic ring is 1. The SMILES string of the molecule is CCCNC(=S)NCCC(O)c1cc(Cl)ccc1N. The fourth-order valence-electron chi connectivity index (χ4n) is 1.61. The second kappa shape index (κ2) is 8.19. The van der Waals surface area contributed by atoms with Gasteiger partial charge in [-0.1, -0.05) is 18.5 Å². The Morgan fingerprint density at radius 1 is 1.42 bits per heavy atom. The van der Waals surface area contributed by atoms with E-state index >= 15 is 0 Å². The number of hydrogen-bond donors (Lipinski definition) is 4. The molecule has 0 aliphatic carbocycles. The van der Waals surface area contributed by atoms with E-state index < -0.39 is 6.10 Å². The molecule has 4 nitrogen and oxygen atoms in total. The lowest BCUT2D eigenvalue weighted by molar-refractivity contribution is 0.169. The summed E-state index contributed by atoms with van der Waals surface area (Å²) in [5.41, 5.74) is 7.01. The van der Waals surface area contributed by atoms with Crippen molar-refractivity contribution in [3.63, 3.8) is 0 Å². The highest BCUT2D eigenvalue weighted by Gasteiger charge is 2.11. The molecular weight excluding hydrogens is 282 g/mol. The summed E-state index contributed by atoms with van der Waals surface area (Å²) in [5, 5.41) is 17.3. The summed E-state index contributed by atoms with van der Waals surface area (Å²) in [6, 6.07) is 5.09. The van der Waals surface area contributed by atoms with Gasteiger partial charge in [0.25, 0.3) is 0 Å². The van der Waals surface area contributed by atoms with Crippen LogP contribution in [0.3, 0.4) is 0 Å². The van der Waals surface area contributed by atoms with Gasteiger partial charge in [0.15, 0.2) is 5.11 Å². The van der Waals surface area contributed by atoms with Crippen molar-refractivity contribution in [1.82, 2.24) is 10.6 Å². The summed E-state index contributed by atoms with van der Waals surface area (Å²) >= 11 is 11.0. The zero-order valence-corrected chi connectivity index (χ0v) is 12.5. The molecule has 0 heterocycles. The first-order valence-electron chi connectivity index (χ1n) is 6.29. The van der Waals surface area contributed by atoms with Gasteiger partial charge in [-0.3, -0.25) is 0 Å². The molecule has 0 radical (unpaired) electrons. The number of aliphatic hydroxyl groups is 1. The molecule has 19 heavy (non-hydrogen) atoms. The molecule has 0 amide bonds. The van der Waals surface area contributed by atoms with Crippen molar-refractivity contribution in [2.75, 3.05) is 18.8 Å². The molecule has 0 fully saturated rings. The van der Waals surface area contributed by atoms with Crippen LogP contribution in [0.25, 0.3) is 0 Å². The third-order valence-corrected chi connectivity index (χ3v) is 3.17. The number of halogens is 1. The molecule has 0 bridgehead atoms. The molecular formula is C13H20ClN3OS. The lowest BCUT2D eigenvalue weighted by Crippen LogP contribution is -2.36. The summed E-state index contributed by atoms with van der Waals surface area (Å²) in [6.07, 6.45) is 0.877. The fraction of sp³-hybridized carbons (Fsp3) is 0.462. The van der Waals surface area contributed by atoms with Crippen molar-refractivity contribution >= 4 is 34.6 Å². The van der Waals surface area contributed by atoms with Crippen molar-refractivity contribution in [3.8, 4) is 0 Å². The van der Waals surface area contributed by atoms with Crippen LogP contribution in [0.5, 0.6) is 0 Å². The molecule has 1 unspecified atom stereocenters. The number of benzene rings is 1. The topological polar surface area (TPSA) is 70.3 Å². The molecule has 0 aromatic heterocycles. The van der Waals surface area contributed by atoms with Crippen LogP contribution in [0.1, 0.15) is 31.4 Å². The van der Waals surface area contributed by atoms with Gasteiger partial charge in [0.1, 0.15) is 0 Å². The van der Waals surface area contributed by atoms with Gasteiger partial charge in [-0.25, -0.2) is 0 Å². The first-order chi connectivity index (χ1) is 9.04. The van der Waals surface area contributed by atoms with Crippen molar-refractivity contribution in [2.24, 2.45) is 0 Å². The Kier molecular flexibility index (Phi) is 6.91. The first kappa shape index (κ1) is 16.0. The van der Waals surface area contributed by atoms with Gasteiger partial charge in [-0.15, -0.1) is 0 Å². The van der Waals surface area contributed by atoms with Crippen LogP contribution < -0.4 is 16.4 Å². The van der Waals surface area contributed by atoms with Crippen LogP contribution in [-0.4, -0.2) is 23.3 Å². The highest BCUT2D eigenvalue weighted by Crippen LogP contribution is 2.25. The molecule has 0 spiro atoms. The second-order valence-electron chi connectivity index (χ2n) is 4.26. The van der Waals surface area contributed by atoms with Gasteiger partial charge in [0.2, 0.25) is 0 Å². The van der Waals surface area contributed by atoms with Gasteiger partial charge < -0.3 is 21.5 Å². The molecule has 6 heteroatoms. The minimum absolute atomic E-state index is 0.512. The molecule has 0 aliphatic rings. The van der Waals surface area contributed by atoms with E-state index in [2.05, 4.69) is 17.6 Å². The van der Waals surface area contributed by atoms with Crippen LogP contribution in [0.15, 0.2) is 18.2 Å². The lowest BCUT2D eigenvalue weighted by atomic mass is 10.0. The Bertz CT molecular complexity index is 428. The third kappa shape index (κ3) is 5.63. The fourth-order valence-corrected chi connectivity index (χ4v) is 2.00. The third-order valence-electron chi connectivity index (χ3n) is 2.65. The summed E-state index contributed by atoms with van der Waals surface area (Å²) in [5.74, 6) is 0. The first-order valence-corrected chi connectivity index (χ1v) is 7.08. The Balaban J connectivity index is 2.41. The molecule has 0 saturated heterocycles. The van der Waals surface area contributed by atoms with E-state index in [9.17, 15) is 5.11 Å². The van der Waals surface area contributed by atoms with Crippen molar-refractivity contribution in [3.05, 3.63) is 28.8 Å². The Hall–Kier alpha value is -1.04. The number of aliphatic hydroxyl groups excluding tert-OH is 1. The maximum Gasteiger partial charge on any atom is 0.166 e. The average Bonchev–Trinajstić information content (AvgIpc) is 2.39. The minimum atomic E-state index is -0.653.